The number of esters is 2. The van der Waals surface area contributed by atoms with E-state index in [9.17, 15) is 19.2 Å². The number of alkyl halides is 1. The predicted octanol–water partition coefficient (Wildman–Crippen LogP) is 5.00. The van der Waals surface area contributed by atoms with Gasteiger partial charge in [0.05, 0.1) is 10.4 Å². The molecule has 1 aromatic rings. The molecule has 4 aliphatic rings. The molecule has 7 nitrogen and oxygen atoms in total. The zero-order valence-electron chi connectivity index (χ0n) is 21.7. The molecule has 0 aliphatic heterocycles. The third kappa shape index (κ3) is 3.79. The van der Waals surface area contributed by atoms with Crippen molar-refractivity contribution in [3.63, 3.8) is 0 Å². The number of fused-ring (bicyclic) bond motifs is 5. The van der Waals surface area contributed by atoms with Crippen molar-refractivity contribution >= 4 is 35.1 Å². The van der Waals surface area contributed by atoms with Gasteiger partial charge in [-0.25, -0.2) is 4.79 Å². The summed E-state index contributed by atoms with van der Waals surface area (Å²) in [5.41, 5.74) is -0.975. The van der Waals surface area contributed by atoms with E-state index in [0.717, 1.165) is 24.8 Å². The van der Waals surface area contributed by atoms with Crippen molar-refractivity contribution in [1.82, 2.24) is 4.98 Å². The first-order valence-electron chi connectivity index (χ1n) is 13.2. The third-order valence-corrected chi connectivity index (χ3v) is 11.1. The van der Waals surface area contributed by atoms with E-state index >= 15 is 0 Å². The van der Waals surface area contributed by atoms with E-state index in [4.69, 9.17) is 21.1 Å². The van der Waals surface area contributed by atoms with Crippen LogP contribution in [-0.2, 0) is 23.9 Å². The lowest BCUT2D eigenvalue weighted by Crippen LogP contribution is -2.64. The molecular weight excluding hydrogens is 494 g/mol. The molecule has 0 spiro atoms. The highest BCUT2D eigenvalue weighted by Crippen LogP contribution is 2.71. The van der Waals surface area contributed by atoms with Crippen LogP contribution in [0.15, 0.2) is 36.2 Å². The van der Waals surface area contributed by atoms with E-state index in [0.29, 0.717) is 32.1 Å². The van der Waals surface area contributed by atoms with Gasteiger partial charge in [0, 0.05) is 36.6 Å². The molecule has 2 unspecified atom stereocenters. The second-order valence-corrected chi connectivity index (χ2v) is 12.4. The number of Topliss-reactive ketones (excluding diaryl/α,β-unsaturated/α-hetero) is 1. The van der Waals surface area contributed by atoms with E-state index in [2.05, 4.69) is 11.9 Å². The van der Waals surface area contributed by atoms with Gasteiger partial charge in [-0.2, -0.15) is 0 Å². The minimum atomic E-state index is -1.43. The van der Waals surface area contributed by atoms with Crippen LogP contribution < -0.4 is 0 Å². The summed E-state index contributed by atoms with van der Waals surface area (Å²) in [6.07, 6.45) is 9.91. The maximum atomic E-state index is 13.8. The average molecular weight is 528 g/mol. The first-order chi connectivity index (χ1) is 17.5. The smallest absolute Gasteiger partial charge is 0.340 e. The topological polar surface area (TPSA) is 99.6 Å². The van der Waals surface area contributed by atoms with Crippen LogP contribution in [-0.4, -0.2) is 45.6 Å². The van der Waals surface area contributed by atoms with Crippen molar-refractivity contribution in [3.05, 3.63) is 41.7 Å². The molecule has 6 atom stereocenters. The number of allylic oxidation sites excluding steroid dienone is 1. The van der Waals surface area contributed by atoms with Crippen molar-refractivity contribution in [2.45, 2.75) is 82.6 Å². The van der Waals surface area contributed by atoms with Gasteiger partial charge in [0.15, 0.2) is 18.0 Å². The molecule has 0 N–H and O–H groups in total. The zero-order chi connectivity index (χ0) is 26.6. The highest BCUT2D eigenvalue weighted by atomic mass is 35.5. The molecule has 8 heteroatoms. The van der Waals surface area contributed by atoms with Crippen molar-refractivity contribution in [2.75, 3.05) is 6.61 Å². The fourth-order valence-electron chi connectivity index (χ4n) is 8.12. The molecule has 3 saturated carbocycles. The minimum Gasteiger partial charge on any atom is -0.458 e. The lowest BCUT2D eigenvalue weighted by Gasteiger charge is -2.63. The summed E-state index contributed by atoms with van der Waals surface area (Å²) in [6, 6.07) is 3.26. The number of aromatic nitrogens is 1. The van der Waals surface area contributed by atoms with E-state index in [1.807, 2.05) is 13.0 Å². The Hall–Kier alpha value is -2.54. The quantitative estimate of drug-likeness (QED) is 0.392. The van der Waals surface area contributed by atoms with Crippen molar-refractivity contribution in [3.8, 4) is 0 Å². The molecule has 1 aromatic heterocycles. The molecule has 0 amide bonds. The Morgan fingerprint density at radius 1 is 1.08 bits per heavy atom. The molecule has 0 bridgehead atoms. The third-order valence-electron chi connectivity index (χ3n) is 10.2. The van der Waals surface area contributed by atoms with Crippen LogP contribution in [0, 0.1) is 22.7 Å². The summed E-state index contributed by atoms with van der Waals surface area (Å²) in [6.45, 7) is 5.05. The number of pyridine rings is 1. The minimum absolute atomic E-state index is 0.0396. The second-order valence-electron chi connectivity index (χ2n) is 11.7. The Morgan fingerprint density at radius 3 is 2.57 bits per heavy atom. The number of ether oxygens (including phenoxy) is 2. The molecular formula is C29H34ClNO6. The number of carbonyl (C=O) groups excluding carboxylic acids is 4. The second kappa shape index (κ2) is 9.04. The Morgan fingerprint density at radius 2 is 1.86 bits per heavy atom. The fourth-order valence-corrected chi connectivity index (χ4v) is 8.69. The first kappa shape index (κ1) is 26.1. The van der Waals surface area contributed by atoms with Gasteiger partial charge in [-0.3, -0.25) is 19.4 Å². The maximum Gasteiger partial charge on any atom is 0.340 e. The Bertz CT molecular complexity index is 1180. The highest BCUT2D eigenvalue weighted by Gasteiger charge is 2.72. The monoisotopic (exact) mass is 527 g/mol. The predicted molar refractivity (Wildman–Crippen MR) is 136 cm³/mol. The van der Waals surface area contributed by atoms with E-state index in [-0.39, 0.29) is 28.6 Å². The number of halogens is 1. The Labute approximate surface area is 222 Å². The Kier molecular flexibility index (Phi) is 6.37. The molecule has 37 heavy (non-hydrogen) atoms. The summed E-state index contributed by atoms with van der Waals surface area (Å²) >= 11 is 7.62. The summed E-state index contributed by atoms with van der Waals surface area (Å²) in [5.74, 6) is -1.25. The van der Waals surface area contributed by atoms with Gasteiger partial charge in [0.1, 0.15) is 0 Å². The van der Waals surface area contributed by atoms with Gasteiger partial charge < -0.3 is 9.47 Å². The molecule has 5 rings (SSSR count). The first-order valence-corrected chi connectivity index (χ1v) is 13.6. The number of ketones is 2. The van der Waals surface area contributed by atoms with E-state index in [1.165, 1.54) is 13.1 Å². The summed E-state index contributed by atoms with van der Waals surface area (Å²) in [4.78, 5) is 54.4. The van der Waals surface area contributed by atoms with Crippen LogP contribution in [0.4, 0.5) is 0 Å². The average Bonchev–Trinajstić information content (AvgIpc) is 3.17. The number of carbonyl (C=O) groups is 4. The van der Waals surface area contributed by atoms with Crippen LogP contribution in [0.5, 0.6) is 0 Å². The SMILES string of the molecule is CC(=O)OCC(=O)[C@@]1(OC(=O)c2cccnc2)CCC2C3CCC4=CC(=O)CC[C@]4(C)[C@@]3(Cl)CC[C@@]21C. The molecule has 1 heterocycles. The van der Waals surface area contributed by atoms with Crippen LogP contribution in [0.1, 0.15) is 82.5 Å². The summed E-state index contributed by atoms with van der Waals surface area (Å²) < 4.78 is 11.3. The number of hydrogen-bond acceptors (Lipinski definition) is 7. The van der Waals surface area contributed by atoms with Gasteiger partial charge >= 0.3 is 11.9 Å². The lowest BCUT2D eigenvalue weighted by atomic mass is 9.45. The van der Waals surface area contributed by atoms with Crippen LogP contribution in [0.25, 0.3) is 0 Å². The summed E-state index contributed by atoms with van der Waals surface area (Å²) in [5, 5.41) is 0. The van der Waals surface area contributed by atoms with Crippen molar-refractivity contribution < 1.29 is 28.7 Å². The summed E-state index contributed by atoms with van der Waals surface area (Å²) in [7, 11) is 0. The van der Waals surface area contributed by atoms with Crippen LogP contribution >= 0.6 is 11.6 Å². The standard InChI is InChI=1S/C29H34ClNO6/c1-18(32)36-17-24(34)29(37-25(35)19-5-4-14-31-16-19)11-9-22-23-7-6-20-15-21(33)8-10-26(20,2)28(23,30)13-12-27(22,29)3/h4-5,14-16,22-23H,6-13,17H2,1-3H3/t22?,23?,26-,27-,28+,29-/m0/s1. The molecule has 198 valence electrons. The molecule has 4 aliphatic carbocycles. The van der Waals surface area contributed by atoms with Gasteiger partial charge in [-0.05, 0) is 75.0 Å². The molecule has 3 fully saturated rings. The lowest BCUT2D eigenvalue weighted by molar-refractivity contribution is -0.169. The number of hydrogen-bond donors (Lipinski definition) is 0. The fraction of sp³-hybridized carbons (Fsp3) is 0.621. The molecule has 0 radical (unpaired) electrons. The molecule has 0 saturated heterocycles. The van der Waals surface area contributed by atoms with Crippen molar-refractivity contribution in [1.29, 1.82) is 0 Å². The van der Waals surface area contributed by atoms with Crippen molar-refractivity contribution in [2.24, 2.45) is 22.7 Å². The normalized spacial score (nSPS) is 38.5. The van der Waals surface area contributed by atoms with Gasteiger partial charge in [-0.1, -0.05) is 19.4 Å². The van der Waals surface area contributed by atoms with Crippen LogP contribution in [0.2, 0.25) is 0 Å². The number of rotatable bonds is 5. The Balaban J connectivity index is 1.52. The number of nitrogens with zero attached hydrogens (tertiary/aromatic N) is 1. The van der Waals surface area contributed by atoms with E-state index in [1.54, 1.807) is 18.3 Å². The zero-order valence-corrected chi connectivity index (χ0v) is 22.4. The van der Waals surface area contributed by atoms with Gasteiger partial charge in [0.25, 0.3) is 0 Å². The van der Waals surface area contributed by atoms with Crippen LogP contribution in [0.3, 0.4) is 0 Å². The largest absolute Gasteiger partial charge is 0.458 e. The maximum absolute atomic E-state index is 13.8. The highest BCUT2D eigenvalue weighted by molar-refractivity contribution is 6.25. The molecule has 0 aromatic carbocycles. The van der Waals surface area contributed by atoms with Gasteiger partial charge in [-0.15, -0.1) is 11.6 Å². The van der Waals surface area contributed by atoms with Gasteiger partial charge in [0.2, 0.25) is 5.78 Å². The van der Waals surface area contributed by atoms with E-state index < -0.39 is 40.2 Å².